The normalized spacial score (nSPS) is 10.7. The Morgan fingerprint density at radius 2 is 1.81 bits per heavy atom. The summed E-state index contributed by atoms with van der Waals surface area (Å²) in [5.41, 5.74) is 1.21. The Morgan fingerprint density at radius 3 is 2.33 bits per heavy atom. The molecule has 0 saturated heterocycles. The SMILES string of the molecule is CC(C)=CCc1c(O)cc(O)c(C(=O)CCC(C)C)c1O. The molecular formula is C17H24O4. The fourth-order valence-electron chi connectivity index (χ4n) is 2.01. The number of rotatable bonds is 6. The van der Waals surface area contributed by atoms with Crippen LogP contribution in [0, 0.1) is 5.92 Å². The van der Waals surface area contributed by atoms with Crippen molar-refractivity contribution in [2.24, 2.45) is 5.92 Å². The van der Waals surface area contributed by atoms with Crippen molar-refractivity contribution in [2.75, 3.05) is 0 Å². The maximum Gasteiger partial charge on any atom is 0.170 e. The van der Waals surface area contributed by atoms with Crippen molar-refractivity contribution in [1.29, 1.82) is 0 Å². The molecule has 0 fully saturated rings. The Bertz CT molecular complexity index is 552. The first-order valence-corrected chi connectivity index (χ1v) is 7.17. The highest BCUT2D eigenvalue weighted by Gasteiger charge is 2.22. The molecule has 0 aliphatic carbocycles. The molecule has 0 unspecified atom stereocenters. The second-order valence-corrected chi connectivity index (χ2v) is 5.96. The first-order valence-electron chi connectivity index (χ1n) is 7.17. The van der Waals surface area contributed by atoms with Gasteiger partial charge in [-0.2, -0.15) is 0 Å². The predicted octanol–water partition coefficient (Wildman–Crippen LogP) is 3.93. The van der Waals surface area contributed by atoms with Gasteiger partial charge in [-0.15, -0.1) is 0 Å². The Morgan fingerprint density at radius 1 is 1.19 bits per heavy atom. The van der Waals surface area contributed by atoms with Crippen molar-refractivity contribution in [3.05, 3.63) is 28.8 Å². The molecule has 3 N–H and O–H groups in total. The fraction of sp³-hybridized carbons (Fsp3) is 0.471. The molecule has 4 heteroatoms. The highest BCUT2D eigenvalue weighted by molar-refractivity contribution is 6.01. The van der Waals surface area contributed by atoms with Crippen molar-refractivity contribution in [3.8, 4) is 17.2 Å². The van der Waals surface area contributed by atoms with Crippen LogP contribution >= 0.6 is 0 Å². The minimum absolute atomic E-state index is 0.0920. The molecule has 0 atom stereocenters. The van der Waals surface area contributed by atoms with Crippen LogP contribution in [0.5, 0.6) is 17.2 Å². The lowest BCUT2D eigenvalue weighted by Crippen LogP contribution is -2.04. The lowest BCUT2D eigenvalue weighted by atomic mass is 9.96. The molecule has 4 nitrogen and oxygen atoms in total. The van der Waals surface area contributed by atoms with Crippen molar-refractivity contribution in [2.45, 2.75) is 47.0 Å². The quantitative estimate of drug-likeness (QED) is 0.548. The zero-order valence-electron chi connectivity index (χ0n) is 13.1. The van der Waals surface area contributed by atoms with Crippen molar-refractivity contribution >= 4 is 5.78 Å². The second-order valence-electron chi connectivity index (χ2n) is 5.96. The molecule has 0 heterocycles. The van der Waals surface area contributed by atoms with E-state index in [4.69, 9.17) is 0 Å². The van der Waals surface area contributed by atoms with E-state index < -0.39 is 0 Å². The largest absolute Gasteiger partial charge is 0.507 e. The molecule has 0 bridgehead atoms. The number of hydrogen-bond acceptors (Lipinski definition) is 4. The molecule has 0 amide bonds. The van der Waals surface area contributed by atoms with E-state index in [0.717, 1.165) is 11.6 Å². The van der Waals surface area contributed by atoms with Crippen LogP contribution in [0.15, 0.2) is 17.7 Å². The highest BCUT2D eigenvalue weighted by Crippen LogP contribution is 2.38. The average molecular weight is 292 g/mol. The van der Waals surface area contributed by atoms with Gasteiger partial charge in [0, 0.05) is 18.1 Å². The zero-order valence-corrected chi connectivity index (χ0v) is 13.1. The molecule has 116 valence electrons. The summed E-state index contributed by atoms with van der Waals surface area (Å²) < 4.78 is 0. The molecule has 1 aromatic rings. The minimum Gasteiger partial charge on any atom is -0.507 e. The van der Waals surface area contributed by atoms with Crippen molar-refractivity contribution in [1.82, 2.24) is 0 Å². The number of Topliss-reactive ketones (excluding diaryl/α,β-unsaturated/α-hetero) is 1. The van der Waals surface area contributed by atoms with Crippen molar-refractivity contribution in [3.63, 3.8) is 0 Å². The molecule has 21 heavy (non-hydrogen) atoms. The summed E-state index contributed by atoms with van der Waals surface area (Å²) in [6, 6.07) is 1.12. The van der Waals surface area contributed by atoms with Gasteiger partial charge in [0.15, 0.2) is 5.78 Å². The maximum atomic E-state index is 12.2. The first-order chi connectivity index (χ1) is 9.73. The van der Waals surface area contributed by atoms with Crippen LogP contribution < -0.4 is 0 Å². The Hall–Kier alpha value is -1.97. The third-order valence-corrected chi connectivity index (χ3v) is 3.30. The number of phenolic OH excluding ortho intramolecular Hbond substituents is 3. The van der Waals surface area contributed by atoms with E-state index >= 15 is 0 Å². The molecule has 0 aliphatic rings. The number of carbonyl (C=O) groups is 1. The number of benzene rings is 1. The molecule has 1 rings (SSSR count). The number of allylic oxidation sites excluding steroid dienone is 2. The number of phenols is 3. The van der Waals surface area contributed by atoms with Crippen LogP contribution in [-0.4, -0.2) is 21.1 Å². The predicted molar refractivity (Wildman–Crippen MR) is 83.0 cm³/mol. The van der Waals surface area contributed by atoms with Crippen LogP contribution in [0.25, 0.3) is 0 Å². The summed E-state index contributed by atoms with van der Waals surface area (Å²) >= 11 is 0. The van der Waals surface area contributed by atoms with Crippen LogP contribution in [0.1, 0.15) is 56.5 Å². The molecule has 0 saturated carbocycles. The number of aromatic hydroxyl groups is 3. The van der Waals surface area contributed by atoms with Gasteiger partial charge in [-0.1, -0.05) is 25.5 Å². The lowest BCUT2D eigenvalue weighted by Gasteiger charge is -2.13. The van der Waals surface area contributed by atoms with Gasteiger partial charge in [0.25, 0.3) is 0 Å². The van der Waals surface area contributed by atoms with Gasteiger partial charge in [0.1, 0.15) is 22.8 Å². The third kappa shape index (κ3) is 4.52. The zero-order chi connectivity index (χ0) is 16.2. The fourth-order valence-corrected chi connectivity index (χ4v) is 2.01. The first kappa shape index (κ1) is 17.1. The number of ketones is 1. The van der Waals surface area contributed by atoms with E-state index in [0.29, 0.717) is 18.8 Å². The summed E-state index contributed by atoms with van der Waals surface area (Å²) in [5.74, 6) is -0.848. The average Bonchev–Trinajstić information content (AvgIpc) is 2.35. The van der Waals surface area contributed by atoms with Gasteiger partial charge < -0.3 is 15.3 Å². The van der Waals surface area contributed by atoms with Gasteiger partial charge in [0.2, 0.25) is 0 Å². The summed E-state index contributed by atoms with van der Waals surface area (Å²) in [6.45, 7) is 7.82. The van der Waals surface area contributed by atoms with E-state index in [-0.39, 0.29) is 40.6 Å². The molecule has 0 spiro atoms. The smallest absolute Gasteiger partial charge is 0.170 e. The van der Waals surface area contributed by atoms with Gasteiger partial charge in [0.05, 0.1) is 0 Å². The minimum atomic E-state index is -0.375. The highest BCUT2D eigenvalue weighted by atomic mass is 16.3. The number of hydrogen-bond donors (Lipinski definition) is 3. The summed E-state index contributed by atoms with van der Waals surface area (Å²) in [5, 5.41) is 29.9. The Labute approximate surface area is 125 Å². The Balaban J connectivity index is 3.17. The van der Waals surface area contributed by atoms with E-state index in [9.17, 15) is 20.1 Å². The van der Waals surface area contributed by atoms with Crippen LogP contribution in [0.4, 0.5) is 0 Å². The topological polar surface area (TPSA) is 77.8 Å². The maximum absolute atomic E-state index is 12.2. The molecular weight excluding hydrogens is 268 g/mol. The van der Waals surface area contributed by atoms with Crippen LogP contribution in [-0.2, 0) is 6.42 Å². The standard InChI is InChI=1S/C17H24O4/c1-10(2)5-7-12-14(19)9-15(20)16(17(12)21)13(18)8-6-11(3)4/h5,9,11,19-21H,6-8H2,1-4H3. The van der Waals surface area contributed by atoms with E-state index in [1.807, 2.05) is 33.8 Å². The molecule has 0 aromatic heterocycles. The summed E-state index contributed by atoms with van der Waals surface area (Å²) in [4.78, 5) is 12.2. The molecule has 0 aliphatic heterocycles. The van der Waals surface area contributed by atoms with Gasteiger partial charge in [-0.3, -0.25) is 4.79 Å². The van der Waals surface area contributed by atoms with Crippen molar-refractivity contribution < 1.29 is 20.1 Å². The van der Waals surface area contributed by atoms with Gasteiger partial charge >= 0.3 is 0 Å². The Kier molecular flexibility index (Phi) is 5.82. The summed E-state index contributed by atoms with van der Waals surface area (Å²) in [6.07, 6.45) is 3.09. The lowest BCUT2D eigenvalue weighted by molar-refractivity contribution is 0.0970. The monoisotopic (exact) mass is 292 g/mol. The van der Waals surface area contributed by atoms with E-state index in [1.165, 1.54) is 0 Å². The molecule has 0 radical (unpaired) electrons. The van der Waals surface area contributed by atoms with E-state index in [1.54, 1.807) is 0 Å². The third-order valence-electron chi connectivity index (χ3n) is 3.30. The van der Waals surface area contributed by atoms with Crippen LogP contribution in [0.3, 0.4) is 0 Å². The molecule has 1 aromatic carbocycles. The van der Waals surface area contributed by atoms with Gasteiger partial charge in [-0.05, 0) is 32.6 Å². The second kappa shape index (κ2) is 7.16. The number of carbonyl (C=O) groups excluding carboxylic acids is 1. The van der Waals surface area contributed by atoms with E-state index in [2.05, 4.69) is 0 Å². The summed E-state index contributed by atoms with van der Waals surface area (Å²) in [7, 11) is 0. The van der Waals surface area contributed by atoms with Gasteiger partial charge in [-0.25, -0.2) is 0 Å². The van der Waals surface area contributed by atoms with Crippen LogP contribution in [0.2, 0.25) is 0 Å².